The van der Waals surface area contributed by atoms with E-state index in [4.69, 9.17) is 15.2 Å². The molecule has 1 heterocycles. The molecule has 0 amide bonds. The Morgan fingerprint density at radius 3 is 2.55 bits per heavy atom. The minimum atomic E-state index is -0.585. The normalized spacial score (nSPS) is 10.3. The SMILES string of the molecule is COc1ccc(Cn2cc(N)c(=O)[nH]c2=O)cc1OC. The smallest absolute Gasteiger partial charge is 0.328 e. The Balaban J connectivity index is 2.38. The summed E-state index contributed by atoms with van der Waals surface area (Å²) >= 11 is 0. The zero-order valence-electron chi connectivity index (χ0n) is 11.2. The van der Waals surface area contributed by atoms with Crippen molar-refractivity contribution in [3.8, 4) is 11.5 Å². The van der Waals surface area contributed by atoms with Gasteiger partial charge in [-0.3, -0.25) is 14.3 Å². The molecular formula is C13H15N3O4. The van der Waals surface area contributed by atoms with E-state index in [-0.39, 0.29) is 12.2 Å². The van der Waals surface area contributed by atoms with Crippen LogP contribution in [0.2, 0.25) is 0 Å². The van der Waals surface area contributed by atoms with E-state index < -0.39 is 11.2 Å². The standard InChI is InChI=1S/C13H15N3O4/c1-19-10-4-3-8(5-11(10)20-2)6-16-7-9(14)12(17)15-13(16)18/h3-5,7H,6,14H2,1-2H3,(H,15,17,18). The lowest BCUT2D eigenvalue weighted by molar-refractivity contribution is 0.354. The molecule has 1 aromatic heterocycles. The third-order valence-electron chi connectivity index (χ3n) is 2.84. The van der Waals surface area contributed by atoms with Crippen LogP contribution in [-0.4, -0.2) is 23.8 Å². The second kappa shape index (κ2) is 5.52. The van der Waals surface area contributed by atoms with Gasteiger partial charge < -0.3 is 15.2 Å². The lowest BCUT2D eigenvalue weighted by atomic mass is 10.2. The van der Waals surface area contributed by atoms with Gasteiger partial charge in [0.2, 0.25) is 0 Å². The van der Waals surface area contributed by atoms with Crippen molar-refractivity contribution in [3.05, 3.63) is 50.8 Å². The molecule has 0 saturated carbocycles. The molecule has 0 bridgehead atoms. The molecular weight excluding hydrogens is 262 g/mol. The van der Waals surface area contributed by atoms with Crippen LogP contribution in [0.1, 0.15) is 5.56 Å². The summed E-state index contributed by atoms with van der Waals surface area (Å²) in [6.07, 6.45) is 1.32. The zero-order chi connectivity index (χ0) is 14.7. The van der Waals surface area contributed by atoms with E-state index in [1.807, 2.05) is 0 Å². The van der Waals surface area contributed by atoms with E-state index in [2.05, 4.69) is 4.98 Å². The summed E-state index contributed by atoms with van der Waals surface area (Å²) < 4.78 is 11.6. The predicted octanol–water partition coefficient (Wildman–Crippen LogP) is 0.184. The van der Waals surface area contributed by atoms with Gasteiger partial charge in [-0.1, -0.05) is 6.07 Å². The van der Waals surface area contributed by atoms with Crippen molar-refractivity contribution in [1.29, 1.82) is 0 Å². The Morgan fingerprint density at radius 2 is 1.90 bits per heavy atom. The first-order valence-corrected chi connectivity index (χ1v) is 5.85. The second-order valence-electron chi connectivity index (χ2n) is 4.16. The summed E-state index contributed by atoms with van der Waals surface area (Å²) in [4.78, 5) is 25.0. The molecule has 7 nitrogen and oxygen atoms in total. The first-order chi connectivity index (χ1) is 9.55. The molecule has 0 fully saturated rings. The molecule has 2 rings (SSSR count). The molecule has 7 heteroatoms. The summed E-state index contributed by atoms with van der Waals surface area (Å²) in [6, 6.07) is 5.30. The van der Waals surface area contributed by atoms with Gasteiger partial charge in [-0.15, -0.1) is 0 Å². The fraction of sp³-hybridized carbons (Fsp3) is 0.231. The lowest BCUT2D eigenvalue weighted by Gasteiger charge is -2.10. The molecule has 0 aliphatic carbocycles. The number of benzene rings is 1. The highest BCUT2D eigenvalue weighted by Gasteiger charge is 2.07. The highest BCUT2D eigenvalue weighted by molar-refractivity contribution is 5.43. The number of rotatable bonds is 4. The van der Waals surface area contributed by atoms with Crippen LogP contribution in [-0.2, 0) is 6.54 Å². The summed E-state index contributed by atoms with van der Waals surface area (Å²) in [5, 5.41) is 0. The van der Waals surface area contributed by atoms with Gasteiger partial charge in [0.1, 0.15) is 5.69 Å². The number of hydrogen-bond donors (Lipinski definition) is 2. The lowest BCUT2D eigenvalue weighted by Crippen LogP contribution is -2.31. The average Bonchev–Trinajstić information content (AvgIpc) is 2.44. The Kier molecular flexibility index (Phi) is 3.79. The molecule has 20 heavy (non-hydrogen) atoms. The number of ether oxygens (including phenoxy) is 2. The second-order valence-corrected chi connectivity index (χ2v) is 4.16. The zero-order valence-corrected chi connectivity index (χ0v) is 11.2. The Hall–Kier alpha value is -2.70. The number of H-pyrrole nitrogens is 1. The average molecular weight is 277 g/mol. The van der Waals surface area contributed by atoms with Gasteiger partial charge in [0.25, 0.3) is 5.56 Å². The molecule has 0 unspecified atom stereocenters. The van der Waals surface area contributed by atoms with E-state index >= 15 is 0 Å². The number of nitrogens with one attached hydrogen (secondary N) is 1. The molecule has 0 atom stereocenters. The quantitative estimate of drug-likeness (QED) is 0.830. The van der Waals surface area contributed by atoms with E-state index in [1.54, 1.807) is 25.3 Å². The number of nitrogens with zero attached hydrogens (tertiary/aromatic N) is 1. The number of aromatic amines is 1. The number of methoxy groups -OCH3 is 2. The monoisotopic (exact) mass is 277 g/mol. The first kappa shape index (κ1) is 13.7. The van der Waals surface area contributed by atoms with E-state index in [1.165, 1.54) is 17.9 Å². The Morgan fingerprint density at radius 1 is 1.20 bits per heavy atom. The molecule has 0 spiro atoms. The minimum Gasteiger partial charge on any atom is -0.493 e. The molecule has 0 saturated heterocycles. The van der Waals surface area contributed by atoms with Gasteiger partial charge >= 0.3 is 5.69 Å². The van der Waals surface area contributed by atoms with Crippen molar-refractivity contribution < 1.29 is 9.47 Å². The largest absolute Gasteiger partial charge is 0.493 e. The van der Waals surface area contributed by atoms with Gasteiger partial charge in [-0.05, 0) is 17.7 Å². The fourth-order valence-corrected chi connectivity index (χ4v) is 1.82. The van der Waals surface area contributed by atoms with Crippen molar-refractivity contribution in [1.82, 2.24) is 9.55 Å². The molecule has 1 aromatic carbocycles. The van der Waals surface area contributed by atoms with Crippen molar-refractivity contribution >= 4 is 5.69 Å². The minimum absolute atomic E-state index is 0.00919. The predicted molar refractivity (Wildman–Crippen MR) is 74.4 cm³/mol. The summed E-state index contributed by atoms with van der Waals surface area (Å²) in [6.45, 7) is 0.264. The maximum Gasteiger partial charge on any atom is 0.328 e. The van der Waals surface area contributed by atoms with E-state index in [9.17, 15) is 9.59 Å². The molecule has 3 N–H and O–H groups in total. The highest BCUT2D eigenvalue weighted by atomic mass is 16.5. The Labute approximate surface area is 114 Å². The Bertz CT molecular complexity index is 733. The van der Waals surface area contributed by atoms with Crippen molar-refractivity contribution in [2.24, 2.45) is 0 Å². The molecule has 2 aromatic rings. The summed E-state index contributed by atoms with van der Waals surface area (Å²) in [7, 11) is 3.08. The summed E-state index contributed by atoms with van der Waals surface area (Å²) in [5.41, 5.74) is 5.20. The number of anilines is 1. The molecule has 0 aliphatic heterocycles. The van der Waals surface area contributed by atoms with Crippen molar-refractivity contribution in [2.45, 2.75) is 6.54 Å². The fourth-order valence-electron chi connectivity index (χ4n) is 1.82. The van der Waals surface area contributed by atoms with Gasteiger partial charge in [0, 0.05) is 6.20 Å². The van der Waals surface area contributed by atoms with E-state index in [0.29, 0.717) is 11.5 Å². The van der Waals surface area contributed by atoms with E-state index in [0.717, 1.165) is 5.56 Å². The first-order valence-electron chi connectivity index (χ1n) is 5.85. The number of aromatic nitrogens is 2. The maximum absolute atomic E-state index is 11.7. The number of hydrogen-bond acceptors (Lipinski definition) is 5. The highest BCUT2D eigenvalue weighted by Crippen LogP contribution is 2.27. The van der Waals surface area contributed by atoms with Gasteiger partial charge in [0.05, 0.1) is 20.8 Å². The molecule has 0 aliphatic rings. The van der Waals surface area contributed by atoms with Crippen LogP contribution in [0, 0.1) is 0 Å². The van der Waals surface area contributed by atoms with Gasteiger partial charge in [-0.2, -0.15) is 0 Å². The van der Waals surface area contributed by atoms with Gasteiger partial charge in [0.15, 0.2) is 11.5 Å². The molecule has 0 radical (unpaired) electrons. The third kappa shape index (κ3) is 2.66. The van der Waals surface area contributed by atoms with Crippen molar-refractivity contribution in [2.75, 3.05) is 20.0 Å². The van der Waals surface area contributed by atoms with Crippen LogP contribution < -0.4 is 26.5 Å². The molecule has 106 valence electrons. The number of nitrogens with two attached hydrogens (primary N) is 1. The number of nitrogen functional groups attached to an aromatic ring is 1. The third-order valence-corrected chi connectivity index (χ3v) is 2.84. The maximum atomic E-state index is 11.7. The topological polar surface area (TPSA) is 99.3 Å². The van der Waals surface area contributed by atoms with Crippen LogP contribution in [0.5, 0.6) is 11.5 Å². The van der Waals surface area contributed by atoms with Crippen molar-refractivity contribution in [3.63, 3.8) is 0 Å². The van der Waals surface area contributed by atoms with Crippen LogP contribution in [0.25, 0.3) is 0 Å². The van der Waals surface area contributed by atoms with Crippen LogP contribution in [0.3, 0.4) is 0 Å². The van der Waals surface area contributed by atoms with Crippen LogP contribution >= 0.6 is 0 Å². The van der Waals surface area contributed by atoms with Crippen LogP contribution in [0.4, 0.5) is 5.69 Å². The summed E-state index contributed by atoms with van der Waals surface area (Å²) in [5.74, 6) is 1.17. The van der Waals surface area contributed by atoms with Gasteiger partial charge in [-0.25, -0.2) is 4.79 Å². The van der Waals surface area contributed by atoms with Crippen LogP contribution in [0.15, 0.2) is 34.0 Å².